The average molecular weight is 408 g/mol. The second-order valence-electron chi connectivity index (χ2n) is 7.86. The van der Waals surface area contributed by atoms with Crippen LogP contribution in [0.5, 0.6) is 0 Å². The van der Waals surface area contributed by atoms with E-state index >= 15 is 0 Å². The van der Waals surface area contributed by atoms with Gasteiger partial charge in [-0.25, -0.2) is 9.37 Å². The molecule has 1 atom stereocenters. The fourth-order valence-corrected chi connectivity index (χ4v) is 4.17. The summed E-state index contributed by atoms with van der Waals surface area (Å²) in [5.41, 5.74) is 2.61. The predicted octanol–water partition coefficient (Wildman–Crippen LogP) is 3.58. The van der Waals surface area contributed by atoms with E-state index < -0.39 is 0 Å². The highest BCUT2D eigenvalue weighted by Gasteiger charge is 2.36. The summed E-state index contributed by atoms with van der Waals surface area (Å²) in [6.07, 6.45) is 3.60. The Balaban J connectivity index is 1.57. The molecule has 2 aliphatic rings. The number of hydrogen-bond donors (Lipinski definition) is 1. The minimum atomic E-state index is -0.389. The van der Waals surface area contributed by atoms with Crippen molar-refractivity contribution in [1.82, 2.24) is 20.4 Å². The molecule has 1 saturated heterocycles. The van der Waals surface area contributed by atoms with E-state index in [0.29, 0.717) is 46.8 Å². The molecule has 0 bridgehead atoms. The molecule has 154 valence electrons. The zero-order valence-electron chi connectivity index (χ0n) is 16.5. The fraction of sp³-hybridized carbons (Fsp3) is 0.364. The Labute approximate surface area is 172 Å². The summed E-state index contributed by atoms with van der Waals surface area (Å²) in [5, 5.41) is 7.48. The van der Waals surface area contributed by atoms with Crippen molar-refractivity contribution >= 4 is 22.9 Å². The number of nitrogens with zero attached hydrogens (tertiary/aromatic N) is 3. The zero-order valence-corrected chi connectivity index (χ0v) is 16.5. The van der Waals surface area contributed by atoms with E-state index in [1.165, 1.54) is 24.3 Å². The topological polar surface area (TPSA) is 88.3 Å². The number of rotatable bonds is 4. The number of amides is 2. The standard InChI is InChI=1S/C22H21FN4O3/c1-24-20(28)15-11-16(12-4-5-12)25-21-18(15)19(26-30-21)17-3-2-10-27(17)22(29)13-6-8-14(23)9-7-13/h6-9,11-12,17H,2-5,10H2,1H3,(H,24,28). The second kappa shape index (κ2) is 7.19. The molecule has 30 heavy (non-hydrogen) atoms. The lowest BCUT2D eigenvalue weighted by Crippen LogP contribution is -2.31. The highest BCUT2D eigenvalue weighted by atomic mass is 19.1. The van der Waals surface area contributed by atoms with Crippen LogP contribution in [0, 0.1) is 5.82 Å². The zero-order chi connectivity index (χ0) is 20.8. The Hall–Kier alpha value is -3.29. The van der Waals surface area contributed by atoms with Crippen molar-refractivity contribution in [3.8, 4) is 0 Å². The van der Waals surface area contributed by atoms with E-state index in [1.54, 1.807) is 11.9 Å². The van der Waals surface area contributed by atoms with Gasteiger partial charge in [0.25, 0.3) is 17.5 Å². The Kier molecular flexibility index (Phi) is 4.49. The molecule has 3 aromatic rings. The summed E-state index contributed by atoms with van der Waals surface area (Å²) >= 11 is 0. The number of nitrogens with one attached hydrogen (secondary N) is 1. The van der Waals surface area contributed by atoms with Crippen LogP contribution in [0.1, 0.15) is 69.7 Å². The van der Waals surface area contributed by atoms with Gasteiger partial charge < -0.3 is 14.7 Å². The molecule has 0 radical (unpaired) electrons. The van der Waals surface area contributed by atoms with Gasteiger partial charge in [0.15, 0.2) is 0 Å². The predicted molar refractivity (Wildman–Crippen MR) is 107 cm³/mol. The molecule has 8 heteroatoms. The van der Waals surface area contributed by atoms with Crippen molar-refractivity contribution < 1.29 is 18.5 Å². The Morgan fingerprint density at radius 2 is 1.97 bits per heavy atom. The lowest BCUT2D eigenvalue weighted by atomic mass is 10.0. The van der Waals surface area contributed by atoms with E-state index in [1.807, 2.05) is 6.07 Å². The van der Waals surface area contributed by atoms with Crippen molar-refractivity contribution in [2.45, 2.75) is 37.6 Å². The third-order valence-electron chi connectivity index (χ3n) is 5.88. The highest BCUT2D eigenvalue weighted by molar-refractivity contribution is 6.06. The van der Waals surface area contributed by atoms with E-state index in [9.17, 15) is 14.0 Å². The SMILES string of the molecule is CNC(=O)c1cc(C2CC2)nc2onc(C3CCCN3C(=O)c3ccc(F)cc3)c12. The van der Waals surface area contributed by atoms with E-state index in [4.69, 9.17) is 4.52 Å². The Morgan fingerprint density at radius 3 is 2.67 bits per heavy atom. The first-order chi connectivity index (χ1) is 14.6. The van der Waals surface area contributed by atoms with Gasteiger partial charge in [0.05, 0.1) is 17.0 Å². The number of hydrogen-bond acceptors (Lipinski definition) is 5. The molecule has 5 rings (SSSR count). The molecular formula is C22H21FN4O3. The van der Waals surface area contributed by atoms with Gasteiger partial charge in [-0.3, -0.25) is 9.59 Å². The van der Waals surface area contributed by atoms with Gasteiger partial charge >= 0.3 is 0 Å². The second-order valence-corrected chi connectivity index (χ2v) is 7.86. The molecule has 0 spiro atoms. The minimum absolute atomic E-state index is 0.197. The third-order valence-corrected chi connectivity index (χ3v) is 5.88. The van der Waals surface area contributed by atoms with E-state index in [-0.39, 0.29) is 23.7 Å². The maximum atomic E-state index is 13.3. The van der Waals surface area contributed by atoms with Crippen LogP contribution < -0.4 is 5.32 Å². The molecule has 1 unspecified atom stereocenters. The molecule has 1 aliphatic carbocycles. The molecule has 2 amide bonds. The number of carbonyl (C=O) groups is 2. The average Bonchev–Trinajstić information content (AvgIpc) is 3.35. The first-order valence-corrected chi connectivity index (χ1v) is 10.2. The first-order valence-electron chi connectivity index (χ1n) is 10.2. The van der Waals surface area contributed by atoms with Crippen molar-refractivity contribution in [1.29, 1.82) is 0 Å². The van der Waals surface area contributed by atoms with Crippen LogP contribution in [0.3, 0.4) is 0 Å². The molecule has 1 N–H and O–H groups in total. The van der Waals surface area contributed by atoms with Gasteiger partial charge in [-0.05, 0) is 56.0 Å². The fourth-order valence-electron chi connectivity index (χ4n) is 4.17. The Morgan fingerprint density at radius 1 is 1.20 bits per heavy atom. The van der Waals surface area contributed by atoms with E-state index in [0.717, 1.165) is 25.0 Å². The summed E-state index contributed by atoms with van der Waals surface area (Å²) in [5.74, 6) is -0.463. The van der Waals surface area contributed by atoms with Crippen LogP contribution in [0.2, 0.25) is 0 Å². The van der Waals surface area contributed by atoms with Gasteiger partial charge in [0, 0.05) is 30.8 Å². The van der Waals surface area contributed by atoms with Crippen molar-refractivity contribution in [2.75, 3.05) is 13.6 Å². The van der Waals surface area contributed by atoms with Crippen LogP contribution in [0.4, 0.5) is 4.39 Å². The molecule has 1 aromatic carbocycles. The van der Waals surface area contributed by atoms with Crippen LogP contribution in [0.25, 0.3) is 11.1 Å². The number of halogens is 1. The summed E-state index contributed by atoms with van der Waals surface area (Å²) in [4.78, 5) is 32.0. The van der Waals surface area contributed by atoms with Crippen molar-refractivity contribution in [3.05, 3.63) is 58.7 Å². The van der Waals surface area contributed by atoms with Crippen molar-refractivity contribution in [2.24, 2.45) is 0 Å². The van der Waals surface area contributed by atoms with Crippen LogP contribution in [-0.4, -0.2) is 40.4 Å². The molecule has 2 aromatic heterocycles. The summed E-state index contributed by atoms with van der Waals surface area (Å²) in [6, 6.07) is 7.00. The lowest BCUT2D eigenvalue weighted by Gasteiger charge is -2.23. The quantitative estimate of drug-likeness (QED) is 0.713. The number of likely N-dealkylation sites (tertiary alicyclic amines) is 1. The van der Waals surface area contributed by atoms with Gasteiger partial charge in [-0.1, -0.05) is 5.16 Å². The smallest absolute Gasteiger partial charge is 0.259 e. The van der Waals surface area contributed by atoms with E-state index in [2.05, 4.69) is 15.5 Å². The van der Waals surface area contributed by atoms with Gasteiger partial charge in [0.1, 0.15) is 11.5 Å². The summed E-state index contributed by atoms with van der Waals surface area (Å²) in [6.45, 7) is 0.554. The number of pyridine rings is 1. The van der Waals surface area contributed by atoms with Crippen LogP contribution in [-0.2, 0) is 0 Å². The maximum absolute atomic E-state index is 13.3. The summed E-state index contributed by atoms with van der Waals surface area (Å²) in [7, 11) is 1.58. The highest BCUT2D eigenvalue weighted by Crippen LogP contribution is 2.42. The Bertz CT molecular complexity index is 1140. The molecule has 7 nitrogen and oxygen atoms in total. The lowest BCUT2D eigenvalue weighted by molar-refractivity contribution is 0.0731. The number of benzene rings is 1. The summed E-state index contributed by atoms with van der Waals surface area (Å²) < 4.78 is 18.8. The minimum Gasteiger partial charge on any atom is -0.355 e. The van der Waals surface area contributed by atoms with Crippen molar-refractivity contribution in [3.63, 3.8) is 0 Å². The number of carbonyl (C=O) groups excluding carboxylic acids is 2. The first kappa shape index (κ1) is 18.7. The van der Waals surface area contributed by atoms with Gasteiger partial charge in [0.2, 0.25) is 0 Å². The largest absolute Gasteiger partial charge is 0.355 e. The number of fused-ring (bicyclic) bond motifs is 1. The number of aromatic nitrogens is 2. The molecular weight excluding hydrogens is 387 g/mol. The maximum Gasteiger partial charge on any atom is 0.259 e. The third kappa shape index (κ3) is 3.12. The van der Waals surface area contributed by atoms with Crippen LogP contribution in [0.15, 0.2) is 34.9 Å². The molecule has 1 saturated carbocycles. The van der Waals surface area contributed by atoms with Gasteiger partial charge in [-0.15, -0.1) is 0 Å². The molecule has 1 aliphatic heterocycles. The normalized spacial score (nSPS) is 18.7. The molecule has 3 heterocycles. The molecule has 2 fully saturated rings. The van der Waals surface area contributed by atoms with Crippen LogP contribution >= 0.6 is 0 Å². The van der Waals surface area contributed by atoms with Gasteiger partial charge in [-0.2, -0.15) is 0 Å². The monoisotopic (exact) mass is 408 g/mol.